The van der Waals surface area contributed by atoms with Crippen molar-refractivity contribution in [3.8, 4) is 5.75 Å². The van der Waals surface area contributed by atoms with Crippen molar-refractivity contribution in [1.29, 1.82) is 0 Å². The molecule has 0 unspecified atom stereocenters. The summed E-state index contributed by atoms with van der Waals surface area (Å²) in [5, 5.41) is 3.45. The fraction of sp³-hybridized carbons (Fsp3) is 0.333. The summed E-state index contributed by atoms with van der Waals surface area (Å²) in [6, 6.07) is 5.37. The second kappa shape index (κ2) is 6.91. The zero-order valence-electron chi connectivity index (χ0n) is 12.2. The fourth-order valence-corrected chi connectivity index (χ4v) is 3.01. The minimum absolute atomic E-state index is 0.0192. The molecular weight excluding hydrogens is 308 g/mol. The number of hydrogen-bond acceptors (Lipinski definition) is 4. The maximum atomic E-state index is 12.3. The number of halogens is 1. The van der Waals surface area contributed by atoms with Gasteiger partial charge in [0.15, 0.2) is 0 Å². The van der Waals surface area contributed by atoms with Crippen LogP contribution in [0.15, 0.2) is 23.6 Å². The first-order chi connectivity index (χ1) is 10.0. The van der Waals surface area contributed by atoms with E-state index in [2.05, 4.69) is 4.98 Å². The van der Waals surface area contributed by atoms with Crippen molar-refractivity contribution in [2.24, 2.45) is 0 Å². The first-order valence-electron chi connectivity index (χ1n) is 6.47. The predicted molar refractivity (Wildman–Crippen MR) is 85.0 cm³/mol. The summed E-state index contributed by atoms with van der Waals surface area (Å²) in [6.07, 6.45) is 0.212. The first kappa shape index (κ1) is 15.8. The number of methoxy groups -OCH3 is 1. The van der Waals surface area contributed by atoms with Gasteiger partial charge in [0.05, 0.1) is 20.1 Å². The summed E-state index contributed by atoms with van der Waals surface area (Å²) >= 11 is 7.72. The highest BCUT2D eigenvalue weighted by Gasteiger charge is 2.16. The third-order valence-electron chi connectivity index (χ3n) is 3.09. The average molecular weight is 325 g/mol. The lowest BCUT2D eigenvalue weighted by molar-refractivity contribution is -0.129. The molecule has 1 aromatic heterocycles. The van der Waals surface area contributed by atoms with E-state index in [1.54, 1.807) is 48.6 Å². The van der Waals surface area contributed by atoms with Crippen molar-refractivity contribution in [2.75, 3.05) is 14.2 Å². The summed E-state index contributed by atoms with van der Waals surface area (Å²) in [4.78, 5) is 18.4. The Bertz CT molecular complexity index is 642. The molecule has 4 nitrogen and oxygen atoms in total. The van der Waals surface area contributed by atoms with Crippen LogP contribution in [0.5, 0.6) is 5.75 Å². The van der Waals surface area contributed by atoms with Crippen LogP contribution < -0.4 is 4.74 Å². The Balaban J connectivity index is 2.07. The van der Waals surface area contributed by atoms with Crippen molar-refractivity contribution >= 4 is 28.8 Å². The van der Waals surface area contributed by atoms with Gasteiger partial charge in [-0.15, -0.1) is 11.3 Å². The van der Waals surface area contributed by atoms with Crippen LogP contribution in [0, 0.1) is 6.92 Å². The molecule has 0 atom stereocenters. The average Bonchev–Trinajstić information content (AvgIpc) is 2.86. The Hall–Kier alpha value is -1.59. The van der Waals surface area contributed by atoms with Gasteiger partial charge in [0, 0.05) is 28.7 Å². The number of benzene rings is 1. The second-order valence-corrected chi connectivity index (χ2v) is 6.08. The topological polar surface area (TPSA) is 42.4 Å². The molecule has 0 spiro atoms. The lowest BCUT2D eigenvalue weighted by atomic mass is 10.1. The van der Waals surface area contributed by atoms with Crippen LogP contribution in [0.4, 0.5) is 0 Å². The lowest BCUT2D eigenvalue weighted by Gasteiger charge is -2.17. The SMILES string of the molecule is COc1cccc(Cl)c1CC(=O)N(C)Cc1nc(C)cs1. The van der Waals surface area contributed by atoms with Crippen LogP contribution in [-0.2, 0) is 17.8 Å². The van der Waals surface area contributed by atoms with E-state index < -0.39 is 0 Å². The maximum absolute atomic E-state index is 12.3. The molecule has 0 N–H and O–H groups in total. The van der Waals surface area contributed by atoms with E-state index in [0.717, 1.165) is 10.7 Å². The number of amides is 1. The van der Waals surface area contributed by atoms with E-state index in [1.165, 1.54) is 0 Å². The highest BCUT2D eigenvalue weighted by Crippen LogP contribution is 2.27. The zero-order valence-corrected chi connectivity index (χ0v) is 13.8. The smallest absolute Gasteiger partial charge is 0.227 e. The first-order valence-corrected chi connectivity index (χ1v) is 7.73. The summed E-state index contributed by atoms with van der Waals surface area (Å²) in [7, 11) is 3.34. The van der Waals surface area contributed by atoms with E-state index in [-0.39, 0.29) is 12.3 Å². The number of hydrogen-bond donors (Lipinski definition) is 0. The Labute approximate surface area is 133 Å². The van der Waals surface area contributed by atoms with Gasteiger partial charge in [0.2, 0.25) is 5.91 Å². The van der Waals surface area contributed by atoms with Gasteiger partial charge in [-0.2, -0.15) is 0 Å². The molecule has 0 radical (unpaired) electrons. The van der Waals surface area contributed by atoms with E-state index >= 15 is 0 Å². The summed E-state index contributed by atoms with van der Waals surface area (Å²) in [6.45, 7) is 2.44. The van der Waals surface area contributed by atoms with E-state index in [9.17, 15) is 4.79 Å². The van der Waals surface area contributed by atoms with Gasteiger partial charge in [-0.3, -0.25) is 4.79 Å². The molecule has 0 bridgehead atoms. The number of likely N-dealkylation sites (N-methyl/N-ethyl adjacent to an activating group) is 1. The van der Waals surface area contributed by atoms with Crippen LogP contribution in [0.3, 0.4) is 0 Å². The molecule has 112 valence electrons. The highest BCUT2D eigenvalue weighted by molar-refractivity contribution is 7.09. The number of aromatic nitrogens is 1. The van der Waals surface area contributed by atoms with Crippen LogP contribution in [0.25, 0.3) is 0 Å². The Kier molecular flexibility index (Phi) is 5.20. The minimum atomic E-state index is -0.0192. The molecule has 1 amide bonds. The molecule has 1 aromatic carbocycles. The molecule has 1 heterocycles. The van der Waals surface area contributed by atoms with Gasteiger partial charge in [0.25, 0.3) is 0 Å². The second-order valence-electron chi connectivity index (χ2n) is 4.73. The molecule has 2 rings (SSSR count). The van der Waals surface area contributed by atoms with Crippen LogP contribution in [0.2, 0.25) is 5.02 Å². The van der Waals surface area contributed by atoms with Crippen LogP contribution in [-0.4, -0.2) is 29.9 Å². The summed E-state index contributed by atoms with van der Waals surface area (Å²) in [5.41, 5.74) is 1.69. The number of aryl methyl sites for hydroxylation is 1. The van der Waals surface area contributed by atoms with Gasteiger partial charge >= 0.3 is 0 Å². The standard InChI is InChI=1S/C15H17ClN2O2S/c1-10-9-21-14(17-10)8-18(2)15(19)7-11-12(16)5-4-6-13(11)20-3/h4-6,9H,7-8H2,1-3H3. The maximum Gasteiger partial charge on any atom is 0.227 e. The molecule has 6 heteroatoms. The molecule has 21 heavy (non-hydrogen) atoms. The van der Waals surface area contributed by atoms with Crippen molar-refractivity contribution < 1.29 is 9.53 Å². The van der Waals surface area contributed by atoms with Crippen molar-refractivity contribution in [3.05, 3.63) is 44.9 Å². The molecule has 0 saturated heterocycles. The van der Waals surface area contributed by atoms with Crippen molar-refractivity contribution in [3.63, 3.8) is 0 Å². The van der Waals surface area contributed by atoms with Gasteiger partial charge in [-0.25, -0.2) is 4.98 Å². The van der Waals surface area contributed by atoms with Gasteiger partial charge in [0.1, 0.15) is 10.8 Å². The summed E-state index contributed by atoms with van der Waals surface area (Å²) in [5.74, 6) is 0.614. The highest BCUT2D eigenvalue weighted by atomic mass is 35.5. The quantitative estimate of drug-likeness (QED) is 0.847. The largest absolute Gasteiger partial charge is 0.496 e. The van der Waals surface area contributed by atoms with Crippen LogP contribution >= 0.6 is 22.9 Å². The van der Waals surface area contributed by atoms with E-state index in [0.29, 0.717) is 22.9 Å². The Morgan fingerprint density at radius 1 is 1.48 bits per heavy atom. The number of thiazole rings is 1. The van der Waals surface area contributed by atoms with Crippen LogP contribution in [0.1, 0.15) is 16.3 Å². The normalized spacial score (nSPS) is 10.5. The minimum Gasteiger partial charge on any atom is -0.496 e. The Morgan fingerprint density at radius 2 is 2.24 bits per heavy atom. The molecule has 0 aliphatic carbocycles. The number of rotatable bonds is 5. The number of ether oxygens (including phenoxy) is 1. The van der Waals surface area contributed by atoms with Crippen molar-refractivity contribution in [2.45, 2.75) is 19.9 Å². The van der Waals surface area contributed by atoms with E-state index in [4.69, 9.17) is 16.3 Å². The number of carbonyl (C=O) groups is 1. The fourth-order valence-electron chi connectivity index (χ4n) is 1.95. The molecule has 0 saturated carbocycles. The zero-order chi connectivity index (χ0) is 15.4. The van der Waals surface area contributed by atoms with Gasteiger partial charge < -0.3 is 9.64 Å². The molecule has 0 fully saturated rings. The van der Waals surface area contributed by atoms with Gasteiger partial charge in [-0.05, 0) is 19.1 Å². The molecule has 2 aromatic rings. The predicted octanol–water partition coefficient (Wildman–Crippen LogP) is 3.31. The third-order valence-corrected chi connectivity index (χ3v) is 4.39. The molecular formula is C15H17ClN2O2S. The van der Waals surface area contributed by atoms with Gasteiger partial charge in [-0.1, -0.05) is 17.7 Å². The molecule has 0 aliphatic rings. The molecule has 0 aliphatic heterocycles. The number of carbonyl (C=O) groups excluding carboxylic acids is 1. The number of nitrogens with zero attached hydrogens (tertiary/aromatic N) is 2. The summed E-state index contributed by atoms with van der Waals surface area (Å²) < 4.78 is 5.26. The third kappa shape index (κ3) is 3.95. The monoisotopic (exact) mass is 324 g/mol. The van der Waals surface area contributed by atoms with E-state index in [1.807, 2.05) is 12.3 Å². The Morgan fingerprint density at radius 3 is 2.86 bits per heavy atom. The lowest BCUT2D eigenvalue weighted by Crippen LogP contribution is -2.27. The van der Waals surface area contributed by atoms with Crippen molar-refractivity contribution in [1.82, 2.24) is 9.88 Å².